The minimum Gasteiger partial charge on any atom is -0.497 e. The van der Waals surface area contributed by atoms with E-state index in [0.29, 0.717) is 18.7 Å². The number of hydrogen-bond donors (Lipinski definition) is 0. The van der Waals surface area contributed by atoms with Crippen molar-refractivity contribution in [1.82, 2.24) is 14.7 Å². The monoisotopic (exact) mass is 469 g/mol. The van der Waals surface area contributed by atoms with Crippen LogP contribution in [-0.4, -0.2) is 66.9 Å². The summed E-state index contributed by atoms with van der Waals surface area (Å²) in [5, 5.41) is 0. The number of piperazine rings is 1. The van der Waals surface area contributed by atoms with Crippen LogP contribution >= 0.6 is 0 Å². The van der Waals surface area contributed by atoms with Gasteiger partial charge in [-0.25, -0.2) is 0 Å². The molecule has 5 rings (SSSR count). The number of amides is 2. The highest BCUT2D eigenvalue weighted by molar-refractivity contribution is 6.01. The molecule has 0 aliphatic carbocycles. The van der Waals surface area contributed by atoms with E-state index >= 15 is 0 Å². The van der Waals surface area contributed by atoms with Crippen LogP contribution in [0.3, 0.4) is 0 Å². The van der Waals surface area contributed by atoms with Gasteiger partial charge in [0.25, 0.3) is 5.91 Å². The van der Waals surface area contributed by atoms with Crippen molar-refractivity contribution in [2.75, 3.05) is 40.3 Å². The van der Waals surface area contributed by atoms with Crippen molar-refractivity contribution in [2.24, 2.45) is 0 Å². The number of likely N-dealkylation sites (N-methyl/N-ethyl adjacent to an activating group) is 1. The molecule has 0 unspecified atom stereocenters. The molecular formula is C29H31N3O3. The fourth-order valence-corrected chi connectivity index (χ4v) is 5.32. The molecule has 1 fully saturated rings. The molecular weight excluding hydrogens is 438 g/mol. The van der Waals surface area contributed by atoms with E-state index in [2.05, 4.69) is 29.2 Å². The van der Waals surface area contributed by atoms with Gasteiger partial charge in [0.15, 0.2) is 0 Å². The molecule has 1 saturated heterocycles. The van der Waals surface area contributed by atoms with E-state index < -0.39 is 5.92 Å². The number of nitrogens with zero attached hydrogens (tertiary/aromatic N) is 3. The van der Waals surface area contributed by atoms with Crippen molar-refractivity contribution in [1.29, 1.82) is 0 Å². The number of rotatable bonds is 5. The second-order valence-corrected chi connectivity index (χ2v) is 9.29. The Kier molecular flexibility index (Phi) is 6.55. The zero-order chi connectivity index (χ0) is 24.4. The number of ether oxygens (including phenoxy) is 1. The average Bonchev–Trinajstić information content (AvgIpc) is 2.91. The molecule has 6 nitrogen and oxygen atoms in total. The highest BCUT2D eigenvalue weighted by atomic mass is 16.5. The zero-order valence-electron chi connectivity index (χ0n) is 20.3. The van der Waals surface area contributed by atoms with Crippen LogP contribution in [0.4, 0.5) is 0 Å². The van der Waals surface area contributed by atoms with Gasteiger partial charge >= 0.3 is 0 Å². The summed E-state index contributed by atoms with van der Waals surface area (Å²) in [6.45, 7) is 3.91. The largest absolute Gasteiger partial charge is 0.497 e. The first-order valence-corrected chi connectivity index (χ1v) is 12.1. The Hall–Kier alpha value is -3.64. The van der Waals surface area contributed by atoms with Crippen molar-refractivity contribution in [3.05, 3.63) is 101 Å². The maximum Gasteiger partial charge on any atom is 0.254 e. The molecule has 0 spiro atoms. The second kappa shape index (κ2) is 9.92. The van der Waals surface area contributed by atoms with Gasteiger partial charge < -0.3 is 14.5 Å². The lowest BCUT2D eigenvalue weighted by molar-refractivity contribution is -0.136. The van der Waals surface area contributed by atoms with Crippen molar-refractivity contribution >= 4 is 11.8 Å². The summed E-state index contributed by atoms with van der Waals surface area (Å²) in [5.74, 6) is 0.314. The van der Waals surface area contributed by atoms with Crippen LogP contribution in [0.2, 0.25) is 0 Å². The summed E-state index contributed by atoms with van der Waals surface area (Å²) in [7, 11) is 3.43. The first kappa shape index (κ1) is 23.1. The lowest BCUT2D eigenvalue weighted by Crippen LogP contribution is -2.52. The first-order chi connectivity index (χ1) is 17.1. The highest BCUT2D eigenvalue weighted by Gasteiger charge is 2.44. The third-order valence-electron chi connectivity index (χ3n) is 7.24. The van der Waals surface area contributed by atoms with Crippen LogP contribution in [0.5, 0.6) is 5.75 Å². The van der Waals surface area contributed by atoms with E-state index in [-0.39, 0.29) is 17.9 Å². The van der Waals surface area contributed by atoms with E-state index in [9.17, 15) is 9.59 Å². The van der Waals surface area contributed by atoms with Gasteiger partial charge in [0.2, 0.25) is 5.91 Å². The molecule has 2 amide bonds. The summed E-state index contributed by atoms with van der Waals surface area (Å²) in [6, 6.07) is 25.3. The maximum absolute atomic E-state index is 14.1. The van der Waals surface area contributed by atoms with Crippen molar-refractivity contribution < 1.29 is 14.3 Å². The Morgan fingerprint density at radius 1 is 0.886 bits per heavy atom. The molecule has 0 N–H and O–H groups in total. The minimum atomic E-state index is -0.456. The van der Waals surface area contributed by atoms with E-state index in [4.69, 9.17) is 4.74 Å². The fraction of sp³-hybridized carbons (Fsp3) is 0.310. The summed E-state index contributed by atoms with van der Waals surface area (Å²) >= 11 is 0. The van der Waals surface area contributed by atoms with Crippen LogP contribution in [0.25, 0.3) is 0 Å². The second-order valence-electron chi connectivity index (χ2n) is 9.29. The molecule has 0 aromatic heterocycles. The summed E-state index contributed by atoms with van der Waals surface area (Å²) < 4.78 is 5.32. The molecule has 0 bridgehead atoms. The molecule has 0 saturated carbocycles. The standard InChI is InChI=1S/C29H31N3O3/c1-30-27(22-12-14-23(35-2)15-13-22)26(24-10-6-7-11-25(24)28(30)33)29(34)32-18-16-31(17-19-32)20-21-8-4-3-5-9-21/h3-15,26-27H,16-20H2,1-2H3/t26-,27+/m1/s1. The van der Waals surface area contributed by atoms with Gasteiger partial charge in [-0.2, -0.15) is 0 Å². The molecule has 2 heterocycles. The van der Waals surface area contributed by atoms with Gasteiger partial charge in [-0.05, 0) is 34.9 Å². The third-order valence-corrected chi connectivity index (χ3v) is 7.24. The average molecular weight is 470 g/mol. The van der Waals surface area contributed by atoms with Gasteiger partial charge in [0.1, 0.15) is 5.75 Å². The van der Waals surface area contributed by atoms with Crippen LogP contribution in [0, 0.1) is 0 Å². The highest BCUT2D eigenvalue weighted by Crippen LogP contribution is 2.43. The van der Waals surface area contributed by atoms with E-state index in [0.717, 1.165) is 36.5 Å². The van der Waals surface area contributed by atoms with E-state index in [1.807, 2.05) is 59.5 Å². The molecule has 2 aliphatic rings. The lowest BCUT2D eigenvalue weighted by atomic mass is 9.79. The topological polar surface area (TPSA) is 53.1 Å². The van der Waals surface area contributed by atoms with Gasteiger partial charge in [-0.15, -0.1) is 0 Å². The Labute approximate surface area is 206 Å². The molecule has 2 aliphatic heterocycles. The summed E-state index contributed by atoms with van der Waals surface area (Å²) in [5.41, 5.74) is 3.64. The summed E-state index contributed by atoms with van der Waals surface area (Å²) in [6.07, 6.45) is 0. The molecule has 0 radical (unpaired) electrons. The number of hydrogen-bond acceptors (Lipinski definition) is 4. The van der Waals surface area contributed by atoms with E-state index in [1.165, 1.54) is 5.56 Å². The van der Waals surface area contributed by atoms with Crippen LogP contribution in [0.1, 0.15) is 39.0 Å². The Bertz CT molecular complexity index is 1190. The minimum absolute atomic E-state index is 0.0573. The van der Waals surface area contributed by atoms with Crippen molar-refractivity contribution in [3.8, 4) is 5.75 Å². The van der Waals surface area contributed by atoms with Gasteiger partial charge in [0, 0.05) is 45.3 Å². The predicted molar refractivity (Wildman–Crippen MR) is 135 cm³/mol. The van der Waals surface area contributed by atoms with Crippen LogP contribution < -0.4 is 4.74 Å². The Morgan fingerprint density at radius 3 is 2.23 bits per heavy atom. The molecule has 180 valence electrons. The third kappa shape index (κ3) is 4.54. The number of fused-ring (bicyclic) bond motifs is 1. The number of carbonyl (C=O) groups excluding carboxylic acids is 2. The molecule has 3 aromatic carbocycles. The zero-order valence-corrected chi connectivity index (χ0v) is 20.3. The summed E-state index contributed by atoms with van der Waals surface area (Å²) in [4.78, 5) is 33.4. The Balaban J connectivity index is 1.41. The van der Waals surface area contributed by atoms with Gasteiger partial charge in [-0.3, -0.25) is 14.5 Å². The number of carbonyl (C=O) groups is 2. The van der Waals surface area contributed by atoms with Crippen molar-refractivity contribution in [2.45, 2.75) is 18.5 Å². The van der Waals surface area contributed by atoms with E-state index in [1.54, 1.807) is 19.1 Å². The van der Waals surface area contributed by atoms with Crippen LogP contribution in [0.15, 0.2) is 78.9 Å². The SMILES string of the molecule is COc1ccc([C@H]2[C@H](C(=O)N3CCN(Cc4ccccc4)CC3)c3ccccc3C(=O)N2C)cc1. The molecule has 6 heteroatoms. The fourth-order valence-electron chi connectivity index (χ4n) is 5.32. The lowest BCUT2D eigenvalue weighted by Gasteiger charge is -2.43. The van der Waals surface area contributed by atoms with Crippen LogP contribution in [-0.2, 0) is 11.3 Å². The number of benzene rings is 3. The first-order valence-electron chi connectivity index (χ1n) is 12.1. The smallest absolute Gasteiger partial charge is 0.254 e. The molecule has 3 aromatic rings. The Morgan fingerprint density at radius 2 is 1.54 bits per heavy atom. The van der Waals surface area contributed by atoms with Gasteiger partial charge in [0.05, 0.1) is 19.1 Å². The van der Waals surface area contributed by atoms with Gasteiger partial charge in [-0.1, -0.05) is 60.7 Å². The molecule has 2 atom stereocenters. The van der Waals surface area contributed by atoms with Crippen molar-refractivity contribution in [3.63, 3.8) is 0 Å². The molecule has 35 heavy (non-hydrogen) atoms. The normalized spacial score (nSPS) is 20.5. The predicted octanol–water partition coefficient (Wildman–Crippen LogP) is 3.95. The quantitative estimate of drug-likeness (QED) is 0.568. The maximum atomic E-state index is 14.1. The number of methoxy groups -OCH3 is 1.